The van der Waals surface area contributed by atoms with E-state index in [2.05, 4.69) is 4.98 Å². The standard InChI is InChI=1S/C18H18ClF3N3O7P/c19-10-5-9(6-11(20)7-10)12-2-4-29-33(28,32-12)30-8-13-15(26)18(21,22)16(31-13)25-3-1-14(23)24-17(25)27/h1,3,5-7,12-13,15-16,26H,2,4,8H2,(H2,23,24,27)/t12-,13-,15-,16-,33+/m1/s1. The van der Waals surface area contributed by atoms with Crippen LogP contribution in [0.5, 0.6) is 0 Å². The molecule has 2 aliphatic rings. The van der Waals surface area contributed by atoms with Gasteiger partial charge in [-0.2, -0.15) is 13.8 Å². The molecule has 180 valence electrons. The van der Waals surface area contributed by atoms with Crippen molar-refractivity contribution in [1.29, 1.82) is 0 Å². The molecule has 4 rings (SSSR count). The predicted molar refractivity (Wildman–Crippen MR) is 107 cm³/mol. The van der Waals surface area contributed by atoms with E-state index in [1.165, 1.54) is 6.07 Å². The minimum atomic E-state index is -4.29. The van der Waals surface area contributed by atoms with Crippen LogP contribution in [0.25, 0.3) is 0 Å². The molecule has 2 aliphatic heterocycles. The normalized spacial score (nSPS) is 31.5. The third-order valence-corrected chi connectivity index (χ3v) is 6.72. The lowest BCUT2D eigenvalue weighted by Crippen LogP contribution is -2.42. The highest BCUT2D eigenvalue weighted by molar-refractivity contribution is 7.48. The van der Waals surface area contributed by atoms with E-state index in [-0.39, 0.29) is 29.4 Å². The first-order chi connectivity index (χ1) is 15.5. The number of hydrogen-bond donors (Lipinski definition) is 2. The second kappa shape index (κ2) is 8.99. The smallest absolute Gasteiger partial charge is 0.384 e. The molecule has 2 aromatic rings. The third-order valence-electron chi connectivity index (χ3n) is 5.02. The fraction of sp³-hybridized carbons (Fsp3) is 0.444. The molecule has 15 heteroatoms. The Bertz CT molecular complexity index is 1130. The summed E-state index contributed by atoms with van der Waals surface area (Å²) in [7, 11) is -4.29. The van der Waals surface area contributed by atoms with Crippen molar-refractivity contribution >= 4 is 25.2 Å². The molecule has 0 amide bonds. The fourth-order valence-corrected chi connectivity index (χ4v) is 5.07. The monoisotopic (exact) mass is 511 g/mol. The lowest BCUT2D eigenvalue weighted by molar-refractivity contribution is -0.140. The van der Waals surface area contributed by atoms with Gasteiger partial charge in [-0.3, -0.25) is 18.1 Å². The lowest BCUT2D eigenvalue weighted by Gasteiger charge is -2.30. The zero-order chi connectivity index (χ0) is 24.0. The first-order valence-corrected chi connectivity index (χ1v) is 11.4. The van der Waals surface area contributed by atoms with Gasteiger partial charge in [0.1, 0.15) is 17.7 Å². The van der Waals surface area contributed by atoms with Crippen molar-refractivity contribution in [2.45, 2.75) is 36.9 Å². The van der Waals surface area contributed by atoms with E-state index in [1.54, 1.807) is 0 Å². The van der Waals surface area contributed by atoms with Crippen LogP contribution in [-0.2, 0) is 22.9 Å². The van der Waals surface area contributed by atoms with Crippen molar-refractivity contribution in [1.82, 2.24) is 9.55 Å². The zero-order valence-electron chi connectivity index (χ0n) is 16.6. The van der Waals surface area contributed by atoms with Gasteiger partial charge in [-0.1, -0.05) is 11.6 Å². The molecular formula is C18H18ClF3N3O7P. The number of hydrogen-bond acceptors (Lipinski definition) is 9. The van der Waals surface area contributed by atoms with Gasteiger partial charge in [-0.25, -0.2) is 13.8 Å². The van der Waals surface area contributed by atoms with Gasteiger partial charge in [0.25, 0.3) is 0 Å². The van der Waals surface area contributed by atoms with Crippen molar-refractivity contribution in [3.05, 3.63) is 57.3 Å². The van der Waals surface area contributed by atoms with Crippen LogP contribution in [0.15, 0.2) is 35.3 Å². The van der Waals surface area contributed by atoms with Crippen LogP contribution in [0.1, 0.15) is 24.3 Å². The van der Waals surface area contributed by atoms with Crippen molar-refractivity contribution in [2.75, 3.05) is 18.9 Å². The number of nitrogens with zero attached hydrogens (tertiary/aromatic N) is 2. The Hall–Kier alpha value is -1.99. The molecule has 0 spiro atoms. The number of aliphatic hydroxyl groups excluding tert-OH is 1. The third kappa shape index (κ3) is 4.94. The number of benzene rings is 1. The molecule has 1 aromatic heterocycles. The Morgan fingerprint density at radius 1 is 1.39 bits per heavy atom. The summed E-state index contributed by atoms with van der Waals surface area (Å²) in [6.07, 6.45) is -6.08. The summed E-state index contributed by atoms with van der Waals surface area (Å²) < 4.78 is 76.8. The number of phosphoric acid groups is 1. The van der Waals surface area contributed by atoms with E-state index in [9.17, 15) is 27.6 Å². The number of aliphatic hydroxyl groups is 1. The molecule has 0 unspecified atom stereocenters. The Kier molecular flexibility index (Phi) is 6.58. The Morgan fingerprint density at radius 2 is 2.15 bits per heavy atom. The van der Waals surface area contributed by atoms with Crippen molar-refractivity contribution in [3.8, 4) is 0 Å². The van der Waals surface area contributed by atoms with Crippen molar-refractivity contribution in [3.63, 3.8) is 0 Å². The first kappa shape index (κ1) is 24.1. The van der Waals surface area contributed by atoms with Crippen LogP contribution >= 0.6 is 19.4 Å². The minimum absolute atomic E-state index is 0.0963. The van der Waals surface area contributed by atoms with Gasteiger partial charge in [-0.15, -0.1) is 0 Å². The van der Waals surface area contributed by atoms with Crippen molar-refractivity contribution < 1.29 is 41.2 Å². The molecule has 3 N–H and O–H groups in total. The highest BCUT2D eigenvalue weighted by Crippen LogP contribution is 2.57. The molecule has 10 nitrogen and oxygen atoms in total. The molecule has 1 aromatic carbocycles. The van der Waals surface area contributed by atoms with E-state index in [4.69, 9.17) is 35.6 Å². The number of aromatic nitrogens is 2. The van der Waals surface area contributed by atoms with Crippen LogP contribution in [0.2, 0.25) is 5.02 Å². The number of nitrogen functional groups attached to an aromatic ring is 1. The first-order valence-electron chi connectivity index (χ1n) is 9.58. The Labute approximate surface area is 189 Å². The number of phosphoric ester groups is 1. The average molecular weight is 512 g/mol. The maximum Gasteiger partial charge on any atom is 0.475 e. The van der Waals surface area contributed by atoms with Gasteiger partial charge in [0.2, 0.25) is 6.23 Å². The van der Waals surface area contributed by atoms with Gasteiger partial charge >= 0.3 is 19.4 Å². The molecule has 0 radical (unpaired) electrons. The molecule has 5 atom stereocenters. The maximum absolute atomic E-state index is 14.6. The van der Waals surface area contributed by atoms with Gasteiger partial charge in [-0.05, 0) is 29.8 Å². The van der Waals surface area contributed by atoms with E-state index in [0.29, 0.717) is 4.57 Å². The van der Waals surface area contributed by atoms with Gasteiger partial charge < -0.3 is 15.6 Å². The number of alkyl halides is 2. The topological polar surface area (TPSA) is 135 Å². The van der Waals surface area contributed by atoms with E-state index >= 15 is 0 Å². The Morgan fingerprint density at radius 3 is 2.85 bits per heavy atom. The van der Waals surface area contributed by atoms with E-state index in [0.717, 1.165) is 24.4 Å². The summed E-state index contributed by atoms with van der Waals surface area (Å²) in [5.41, 5.74) is 4.52. The highest BCUT2D eigenvalue weighted by atomic mass is 35.5. The van der Waals surface area contributed by atoms with Crippen LogP contribution in [0.3, 0.4) is 0 Å². The van der Waals surface area contributed by atoms with Crippen LogP contribution in [-0.4, -0.2) is 46.0 Å². The zero-order valence-corrected chi connectivity index (χ0v) is 18.3. The molecule has 2 saturated heterocycles. The van der Waals surface area contributed by atoms with Crippen LogP contribution < -0.4 is 11.4 Å². The van der Waals surface area contributed by atoms with Crippen molar-refractivity contribution in [2.24, 2.45) is 0 Å². The lowest BCUT2D eigenvalue weighted by atomic mass is 10.1. The van der Waals surface area contributed by atoms with E-state index < -0.39 is 56.4 Å². The summed E-state index contributed by atoms with van der Waals surface area (Å²) >= 11 is 5.84. The average Bonchev–Trinajstić information content (AvgIpc) is 2.95. The van der Waals surface area contributed by atoms with Gasteiger partial charge in [0.15, 0.2) is 6.10 Å². The molecule has 3 heterocycles. The number of ether oxygens (including phenoxy) is 1. The Balaban J connectivity index is 1.46. The molecule has 0 bridgehead atoms. The summed E-state index contributed by atoms with van der Waals surface area (Å²) in [5.74, 6) is -4.73. The highest BCUT2D eigenvalue weighted by Gasteiger charge is 2.60. The largest absolute Gasteiger partial charge is 0.475 e. The molecule has 0 aliphatic carbocycles. The minimum Gasteiger partial charge on any atom is -0.384 e. The van der Waals surface area contributed by atoms with Gasteiger partial charge in [0.05, 0.1) is 19.3 Å². The maximum atomic E-state index is 14.6. The molecule has 0 saturated carbocycles. The van der Waals surface area contributed by atoms with Crippen LogP contribution in [0, 0.1) is 5.82 Å². The second-order valence-electron chi connectivity index (χ2n) is 7.35. The summed E-state index contributed by atoms with van der Waals surface area (Å²) in [6.45, 7) is -0.923. The summed E-state index contributed by atoms with van der Waals surface area (Å²) in [5, 5.41) is 10.2. The number of rotatable bonds is 5. The SMILES string of the molecule is Nc1ccn([C@@H]2O[C@H](CO[P@]3(=O)OCC[C@H](c4cc(F)cc(Cl)c4)O3)[C@@H](O)C2(F)F)c(=O)n1. The predicted octanol–water partition coefficient (Wildman–Crippen LogP) is 2.81. The molecule has 2 fully saturated rings. The molecule has 33 heavy (non-hydrogen) atoms. The quantitative estimate of drug-likeness (QED) is 0.581. The fourth-order valence-electron chi connectivity index (χ4n) is 3.44. The molecular weight excluding hydrogens is 494 g/mol. The number of nitrogens with two attached hydrogens (primary N) is 1. The number of halogens is 4. The summed E-state index contributed by atoms with van der Waals surface area (Å²) in [4.78, 5) is 15.3. The van der Waals surface area contributed by atoms with Gasteiger partial charge in [0, 0.05) is 17.6 Å². The number of anilines is 1. The van der Waals surface area contributed by atoms with Crippen LogP contribution in [0.4, 0.5) is 19.0 Å². The second-order valence-corrected chi connectivity index (χ2v) is 9.41. The van der Waals surface area contributed by atoms with E-state index in [1.807, 2.05) is 0 Å². The summed E-state index contributed by atoms with van der Waals surface area (Å²) in [6, 6.07) is 4.74.